The molecule has 1 N–H and O–H groups in total. The molecule has 0 fully saturated rings. The lowest BCUT2D eigenvalue weighted by molar-refractivity contribution is 0.589. The van der Waals surface area contributed by atoms with E-state index < -0.39 is 0 Å². The monoisotopic (exact) mass is 271 g/mol. The Morgan fingerprint density at radius 3 is 2.50 bits per heavy atom. The van der Waals surface area contributed by atoms with Crippen LogP contribution in [0.1, 0.15) is 38.4 Å². The third-order valence-electron chi connectivity index (χ3n) is 3.38. The first-order valence-corrected chi connectivity index (χ1v) is 7.47. The van der Waals surface area contributed by atoms with Crippen LogP contribution < -0.4 is 5.32 Å². The normalized spacial score (nSPS) is 11.2. The van der Waals surface area contributed by atoms with Gasteiger partial charge in [0.25, 0.3) is 0 Å². The second-order valence-corrected chi connectivity index (χ2v) is 5.62. The fraction of sp³-hybridized carbons (Fsp3) is 0.471. The Balaban J connectivity index is 2.13. The van der Waals surface area contributed by atoms with E-state index >= 15 is 0 Å². The Kier molecular flexibility index (Phi) is 4.96. The Morgan fingerprint density at radius 1 is 1.20 bits per heavy atom. The minimum atomic E-state index is 0.518. The first-order chi connectivity index (χ1) is 9.60. The van der Waals surface area contributed by atoms with Crippen molar-refractivity contribution in [2.75, 3.05) is 0 Å². The maximum atomic E-state index is 4.56. The van der Waals surface area contributed by atoms with E-state index in [4.69, 9.17) is 0 Å². The summed E-state index contributed by atoms with van der Waals surface area (Å²) in [5.41, 5.74) is 4.91. The van der Waals surface area contributed by atoms with Crippen molar-refractivity contribution in [1.29, 1.82) is 0 Å². The predicted molar refractivity (Wildman–Crippen MR) is 84.7 cm³/mol. The number of aryl methyl sites for hydroxylation is 2. The third-order valence-corrected chi connectivity index (χ3v) is 3.38. The van der Waals surface area contributed by atoms with Crippen molar-refractivity contribution >= 4 is 0 Å². The van der Waals surface area contributed by atoms with Crippen molar-refractivity contribution in [3.63, 3.8) is 0 Å². The van der Waals surface area contributed by atoms with Crippen LogP contribution in [0.2, 0.25) is 0 Å². The number of hydrogen-bond donors (Lipinski definition) is 1. The molecule has 3 nitrogen and oxygen atoms in total. The highest BCUT2D eigenvalue weighted by Gasteiger charge is 2.07. The van der Waals surface area contributed by atoms with Gasteiger partial charge in [-0.15, -0.1) is 0 Å². The number of benzene rings is 1. The van der Waals surface area contributed by atoms with Gasteiger partial charge in [-0.1, -0.05) is 45.0 Å². The van der Waals surface area contributed by atoms with Crippen LogP contribution in [0.5, 0.6) is 0 Å². The lowest BCUT2D eigenvalue weighted by Crippen LogP contribution is -2.21. The van der Waals surface area contributed by atoms with Crippen LogP contribution in [0.15, 0.2) is 30.5 Å². The molecule has 0 aliphatic carbocycles. The molecule has 0 unspecified atom stereocenters. The lowest BCUT2D eigenvalue weighted by Gasteiger charge is -2.08. The highest BCUT2D eigenvalue weighted by Crippen LogP contribution is 2.23. The molecule has 0 saturated heterocycles. The van der Waals surface area contributed by atoms with Gasteiger partial charge >= 0.3 is 0 Å². The van der Waals surface area contributed by atoms with E-state index in [1.807, 2.05) is 4.68 Å². The standard InChI is InChI=1S/C17H25N3/c1-5-10-20-12-17(14(4)19-20)16-8-6-15(7-9-16)11-18-13(2)3/h6-9,12-13,18H,5,10-11H2,1-4H3. The number of hydrogen-bond acceptors (Lipinski definition) is 2. The van der Waals surface area contributed by atoms with Crippen molar-refractivity contribution in [3.8, 4) is 11.1 Å². The van der Waals surface area contributed by atoms with Crippen LogP contribution in [0.25, 0.3) is 11.1 Å². The van der Waals surface area contributed by atoms with Gasteiger partial charge in [0.1, 0.15) is 0 Å². The van der Waals surface area contributed by atoms with Crippen molar-refractivity contribution in [3.05, 3.63) is 41.7 Å². The number of nitrogens with one attached hydrogen (secondary N) is 1. The molecule has 3 heteroatoms. The van der Waals surface area contributed by atoms with Gasteiger partial charge in [-0.25, -0.2) is 0 Å². The first-order valence-electron chi connectivity index (χ1n) is 7.47. The van der Waals surface area contributed by atoms with Gasteiger partial charge < -0.3 is 5.32 Å². The smallest absolute Gasteiger partial charge is 0.0672 e. The summed E-state index contributed by atoms with van der Waals surface area (Å²) in [5.74, 6) is 0. The molecule has 0 radical (unpaired) electrons. The Bertz CT molecular complexity index is 538. The van der Waals surface area contributed by atoms with E-state index in [1.165, 1.54) is 16.7 Å². The summed E-state index contributed by atoms with van der Waals surface area (Å²) in [5, 5.41) is 8.00. The van der Waals surface area contributed by atoms with Crippen molar-refractivity contribution < 1.29 is 0 Å². The molecule has 2 aromatic rings. The molecule has 0 amide bonds. The van der Waals surface area contributed by atoms with Gasteiger partial charge in [-0.05, 0) is 24.5 Å². The summed E-state index contributed by atoms with van der Waals surface area (Å²) in [7, 11) is 0. The number of nitrogens with zero attached hydrogens (tertiary/aromatic N) is 2. The van der Waals surface area contributed by atoms with Gasteiger partial charge in [-0.2, -0.15) is 5.10 Å². The first kappa shape index (κ1) is 14.8. The van der Waals surface area contributed by atoms with Crippen LogP contribution >= 0.6 is 0 Å². The molecular formula is C17H25N3. The summed E-state index contributed by atoms with van der Waals surface area (Å²) in [4.78, 5) is 0. The molecule has 0 atom stereocenters. The van der Waals surface area contributed by atoms with E-state index in [0.717, 1.165) is 25.2 Å². The highest BCUT2D eigenvalue weighted by atomic mass is 15.3. The second-order valence-electron chi connectivity index (χ2n) is 5.62. The zero-order valence-electron chi connectivity index (χ0n) is 13.0. The molecule has 2 rings (SSSR count). The summed E-state index contributed by atoms with van der Waals surface area (Å²) in [6.07, 6.45) is 3.26. The van der Waals surface area contributed by atoms with Crippen LogP contribution in [0.3, 0.4) is 0 Å². The van der Waals surface area contributed by atoms with E-state index in [-0.39, 0.29) is 0 Å². The maximum Gasteiger partial charge on any atom is 0.0672 e. The van der Waals surface area contributed by atoms with E-state index in [0.29, 0.717) is 6.04 Å². The fourth-order valence-electron chi connectivity index (χ4n) is 2.27. The topological polar surface area (TPSA) is 29.9 Å². The quantitative estimate of drug-likeness (QED) is 0.867. The largest absolute Gasteiger partial charge is 0.310 e. The fourth-order valence-corrected chi connectivity index (χ4v) is 2.27. The number of rotatable bonds is 6. The lowest BCUT2D eigenvalue weighted by atomic mass is 10.0. The van der Waals surface area contributed by atoms with E-state index in [1.54, 1.807) is 0 Å². The van der Waals surface area contributed by atoms with Gasteiger partial charge in [0.2, 0.25) is 0 Å². The van der Waals surface area contributed by atoms with Crippen LogP contribution in [0, 0.1) is 6.92 Å². The average Bonchev–Trinajstić information content (AvgIpc) is 2.78. The third kappa shape index (κ3) is 3.70. The molecule has 1 heterocycles. The minimum Gasteiger partial charge on any atom is -0.310 e. The highest BCUT2D eigenvalue weighted by molar-refractivity contribution is 5.65. The molecule has 1 aromatic carbocycles. The molecule has 20 heavy (non-hydrogen) atoms. The molecule has 1 aromatic heterocycles. The van der Waals surface area contributed by atoms with Gasteiger partial charge in [-0.3, -0.25) is 4.68 Å². The molecular weight excluding hydrogens is 246 g/mol. The van der Waals surface area contributed by atoms with Gasteiger partial charge in [0, 0.05) is 30.9 Å². The summed E-state index contributed by atoms with van der Waals surface area (Å²) in [6, 6.07) is 9.29. The second kappa shape index (κ2) is 6.71. The van der Waals surface area contributed by atoms with Crippen molar-refractivity contribution in [1.82, 2.24) is 15.1 Å². The van der Waals surface area contributed by atoms with Crippen LogP contribution in [0.4, 0.5) is 0 Å². The summed E-state index contributed by atoms with van der Waals surface area (Å²) < 4.78 is 2.04. The number of aromatic nitrogens is 2. The molecule has 0 aliphatic heterocycles. The van der Waals surface area contributed by atoms with Gasteiger partial charge in [0.05, 0.1) is 5.69 Å². The Hall–Kier alpha value is -1.61. The SMILES string of the molecule is CCCn1cc(-c2ccc(CNC(C)C)cc2)c(C)n1. The zero-order valence-corrected chi connectivity index (χ0v) is 13.0. The predicted octanol–water partition coefficient (Wildman–Crippen LogP) is 3.77. The Labute approximate surface area is 122 Å². The summed E-state index contributed by atoms with van der Waals surface area (Å²) in [6.45, 7) is 10.5. The van der Waals surface area contributed by atoms with E-state index in [2.05, 4.69) is 68.6 Å². The molecule has 0 bridgehead atoms. The Morgan fingerprint density at radius 2 is 1.90 bits per heavy atom. The molecule has 108 valence electrons. The van der Waals surface area contributed by atoms with Gasteiger partial charge in [0.15, 0.2) is 0 Å². The van der Waals surface area contributed by atoms with Crippen molar-refractivity contribution in [2.24, 2.45) is 0 Å². The van der Waals surface area contributed by atoms with E-state index in [9.17, 15) is 0 Å². The summed E-state index contributed by atoms with van der Waals surface area (Å²) >= 11 is 0. The van der Waals surface area contributed by atoms with Crippen LogP contribution in [-0.2, 0) is 13.1 Å². The molecule has 0 aliphatic rings. The average molecular weight is 271 g/mol. The maximum absolute atomic E-state index is 4.56. The zero-order chi connectivity index (χ0) is 14.5. The minimum absolute atomic E-state index is 0.518. The molecule has 0 spiro atoms. The van der Waals surface area contributed by atoms with Crippen LogP contribution in [-0.4, -0.2) is 15.8 Å². The van der Waals surface area contributed by atoms with Crippen molar-refractivity contribution in [2.45, 2.75) is 53.2 Å². The molecule has 0 saturated carbocycles.